The summed E-state index contributed by atoms with van der Waals surface area (Å²) in [5, 5.41) is 3.91. The first kappa shape index (κ1) is 20.3. The Morgan fingerprint density at radius 2 is 2.00 bits per heavy atom. The van der Waals surface area contributed by atoms with Gasteiger partial charge in [0.1, 0.15) is 5.03 Å². The second kappa shape index (κ2) is 10.8. The number of ether oxygens (including phenoxy) is 1. The Morgan fingerprint density at radius 3 is 2.78 bits per heavy atom. The van der Waals surface area contributed by atoms with Crippen LogP contribution in [0.1, 0.15) is 23.2 Å². The molecule has 0 radical (unpaired) electrons. The molecule has 0 atom stereocenters. The maximum absolute atomic E-state index is 12.6. The second-order valence-electron chi connectivity index (χ2n) is 6.33. The summed E-state index contributed by atoms with van der Waals surface area (Å²) in [6.45, 7) is 5.46. The fourth-order valence-electron chi connectivity index (χ4n) is 2.86. The highest BCUT2D eigenvalue weighted by molar-refractivity contribution is 9.10. The Morgan fingerprint density at radius 1 is 1.19 bits per heavy atom. The minimum atomic E-state index is -0.0263. The average Bonchev–Trinajstić information content (AvgIpc) is 2.70. The number of amides is 1. The van der Waals surface area contributed by atoms with Gasteiger partial charge < -0.3 is 10.1 Å². The standard InChI is InChI=1S/C20H24BrN3O2S/c21-16-7-8-19(23-15-16)27-18-6-2-1-5-17(18)20(25)22-9-3-4-10-24-11-13-26-14-12-24/h1-2,5-8,15H,3-4,9-14H2,(H,22,25). The maximum atomic E-state index is 12.6. The SMILES string of the molecule is O=C(NCCCCN1CCOCC1)c1ccccc1Sc1ccc(Br)cn1. The zero-order valence-corrected chi connectivity index (χ0v) is 17.6. The first-order valence-corrected chi connectivity index (χ1v) is 10.8. The highest BCUT2D eigenvalue weighted by Gasteiger charge is 2.13. The topological polar surface area (TPSA) is 54.5 Å². The van der Waals surface area contributed by atoms with Gasteiger partial charge in [0, 0.05) is 35.2 Å². The molecule has 7 heteroatoms. The highest BCUT2D eigenvalue weighted by Crippen LogP contribution is 2.29. The van der Waals surface area contributed by atoms with Crippen LogP contribution in [0, 0.1) is 0 Å². The molecular weight excluding hydrogens is 426 g/mol. The number of halogens is 1. The lowest BCUT2D eigenvalue weighted by Crippen LogP contribution is -2.37. The molecule has 0 bridgehead atoms. The number of unbranched alkanes of at least 4 members (excludes halogenated alkanes) is 1. The summed E-state index contributed by atoms with van der Waals surface area (Å²) >= 11 is 4.89. The van der Waals surface area contributed by atoms with Gasteiger partial charge in [0.15, 0.2) is 0 Å². The third-order valence-corrected chi connectivity index (χ3v) is 5.83. The summed E-state index contributed by atoms with van der Waals surface area (Å²) in [7, 11) is 0. The predicted octanol–water partition coefficient (Wildman–Crippen LogP) is 3.84. The summed E-state index contributed by atoms with van der Waals surface area (Å²) in [5.41, 5.74) is 0.695. The van der Waals surface area contributed by atoms with Crippen LogP contribution < -0.4 is 5.32 Å². The highest BCUT2D eigenvalue weighted by atomic mass is 79.9. The van der Waals surface area contributed by atoms with Crippen LogP contribution in [0.15, 0.2) is 57.0 Å². The molecule has 0 spiro atoms. The molecule has 27 heavy (non-hydrogen) atoms. The van der Waals surface area contributed by atoms with Crippen LogP contribution in [0.3, 0.4) is 0 Å². The van der Waals surface area contributed by atoms with Crippen LogP contribution in [0.2, 0.25) is 0 Å². The van der Waals surface area contributed by atoms with Crippen molar-refractivity contribution in [3.63, 3.8) is 0 Å². The van der Waals surface area contributed by atoms with Crippen molar-refractivity contribution in [1.82, 2.24) is 15.2 Å². The molecule has 1 aromatic heterocycles. The smallest absolute Gasteiger partial charge is 0.252 e. The van der Waals surface area contributed by atoms with Gasteiger partial charge in [-0.1, -0.05) is 23.9 Å². The molecule has 144 valence electrons. The summed E-state index contributed by atoms with van der Waals surface area (Å²) in [4.78, 5) is 20.3. The zero-order chi connectivity index (χ0) is 18.9. The number of benzene rings is 1. The quantitative estimate of drug-likeness (QED) is 0.620. The van der Waals surface area contributed by atoms with Gasteiger partial charge in [0.2, 0.25) is 0 Å². The molecule has 0 saturated carbocycles. The number of hydrogen-bond acceptors (Lipinski definition) is 5. The van der Waals surface area contributed by atoms with E-state index in [0.717, 1.165) is 60.1 Å². The van der Waals surface area contributed by atoms with Gasteiger partial charge >= 0.3 is 0 Å². The number of carbonyl (C=O) groups excluding carboxylic acids is 1. The number of carbonyl (C=O) groups is 1. The number of hydrogen-bond donors (Lipinski definition) is 1. The first-order chi connectivity index (χ1) is 13.2. The van der Waals surface area contributed by atoms with E-state index in [0.29, 0.717) is 12.1 Å². The monoisotopic (exact) mass is 449 g/mol. The summed E-state index contributed by atoms with van der Waals surface area (Å²) in [6.07, 6.45) is 3.83. The van der Waals surface area contributed by atoms with Gasteiger partial charge in [-0.15, -0.1) is 0 Å². The Labute approximate surface area is 173 Å². The van der Waals surface area contributed by atoms with Crippen molar-refractivity contribution in [2.75, 3.05) is 39.4 Å². The van der Waals surface area contributed by atoms with Gasteiger partial charge in [-0.3, -0.25) is 9.69 Å². The number of pyridine rings is 1. The van der Waals surface area contributed by atoms with Crippen molar-refractivity contribution in [1.29, 1.82) is 0 Å². The van der Waals surface area contributed by atoms with E-state index in [9.17, 15) is 4.79 Å². The lowest BCUT2D eigenvalue weighted by atomic mass is 10.2. The Balaban J connectivity index is 1.47. The Kier molecular flexibility index (Phi) is 8.13. The second-order valence-corrected chi connectivity index (χ2v) is 8.31. The molecule has 1 N–H and O–H groups in total. The Bertz CT molecular complexity index is 736. The third kappa shape index (κ3) is 6.60. The van der Waals surface area contributed by atoms with Crippen LogP contribution in [-0.4, -0.2) is 55.2 Å². The van der Waals surface area contributed by atoms with Gasteiger partial charge in [-0.05, 0) is 59.6 Å². The molecule has 3 rings (SSSR count). The Hall–Kier alpha value is -1.41. The number of rotatable bonds is 8. The minimum absolute atomic E-state index is 0.0263. The minimum Gasteiger partial charge on any atom is -0.379 e. The summed E-state index contributed by atoms with van der Waals surface area (Å²) in [6, 6.07) is 11.6. The predicted molar refractivity (Wildman–Crippen MR) is 111 cm³/mol. The molecular formula is C20H24BrN3O2S. The van der Waals surface area contributed by atoms with E-state index >= 15 is 0 Å². The fourth-order valence-corrected chi connectivity index (χ4v) is 3.98. The van der Waals surface area contributed by atoms with Crippen LogP contribution in [0.4, 0.5) is 0 Å². The van der Waals surface area contributed by atoms with Gasteiger partial charge in [-0.25, -0.2) is 4.98 Å². The third-order valence-electron chi connectivity index (χ3n) is 4.34. The van der Waals surface area contributed by atoms with Crippen molar-refractivity contribution >= 4 is 33.6 Å². The van der Waals surface area contributed by atoms with Crippen LogP contribution in [0.25, 0.3) is 0 Å². The zero-order valence-electron chi connectivity index (χ0n) is 15.2. The van der Waals surface area contributed by atoms with Crippen molar-refractivity contribution in [3.05, 3.63) is 52.6 Å². The van der Waals surface area contributed by atoms with E-state index in [4.69, 9.17) is 4.74 Å². The van der Waals surface area contributed by atoms with Crippen LogP contribution >= 0.6 is 27.7 Å². The first-order valence-electron chi connectivity index (χ1n) is 9.19. The van der Waals surface area contributed by atoms with E-state index in [1.807, 2.05) is 36.4 Å². The normalized spacial score (nSPS) is 14.9. The summed E-state index contributed by atoms with van der Waals surface area (Å²) in [5.74, 6) is -0.0263. The summed E-state index contributed by atoms with van der Waals surface area (Å²) < 4.78 is 6.30. The number of morpholine rings is 1. The molecule has 1 aromatic carbocycles. The maximum Gasteiger partial charge on any atom is 0.252 e. The van der Waals surface area contributed by atoms with Gasteiger partial charge in [0.05, 0.1) is 18.8 Å². The molecule has 1 aliphatic heterocycles. The number of aromatic nitrogens is 1. The number of nitrogens with zero attached hydrogens (tertiary/aromatic N) is 2. The van der Waals surface area contributed by atoms with Crippen LogP contribution in [0.5, 0.6) is 0 Å². The van der Waals surface area contributed by atoms with E-state index in [1.54, 1.807) is 6.20 Å². The molecule has 2 aromatic rings. The van der Waals surface area contributed by atoms with Crippen molar-refractivity contribution in [2.45, 2.75) is 22.8 Å². The fraction of sp³-hybridized carbons (Fsp3) is 0.400. The van der Waals surface area contributed by atoms with Crippen molar-refractivity contribution in [2.24, 2.45) is 0 Å². The van der Waals surface area contributed by atoms with Crippen LogP contribution in [-0.2, 0) is 4.74 Å². The van der Waals surface area contributed by atoms with Gasteiger partial charge in [0.25, 0.3) is 5.91 Å². The molecule has 1 amide bonds. The molecule has 1 aliphatic rings. The van der Waals surface area contributed by atoms with E-state index in [1.165, 1.54) is 11.8 Å². The van der Waals surface area contributed by atoms with Crippen molar-refractivity contribution in [3.8, 4) is 0 Å². The number of nitrogens with one attached hydrogen (secondary N) is 1. The largest absolute Gasteiger partial charge is 0.379 e. The molecule has 5 nitrogen and oxygen atoms in total. The lowest BCUT2D eigenvalue weighted by molar-refractivity contribution is 0.0372. The average molecular weight is 450 g/mol. The van der Waals surface area contributed by atoms with E-state index in [-0.39, 0.29) is 5.91 Å². The van der Waals surface area contributed by atoms with Gasteiger partial charge in [-0.2, -0.15) is 0 Å². The van der Waals surface area contributed by atoms with E-state index < -0.39 is 0 Å². The lowest BCUT2D eigenvalue weighted by Gasteiger charge is -2.26. The van der Waals surface area contributed by atoms with Crippen molar-refractivity contribution < 1.29 is 9.53 Å². The molecule has 0 aliphatic carbocycles. The molecule has 2 heterocycles. The molecule has 1 saturated heterocycles. The molecule has 0 unspecified atom stereocenters. The van der Waals surface area contributed by atoms with E-state index in [2.05, 4.69) is 31.1 Å². The molecule has 1 fully saturated rings.